The first kappa shape index (κ1) is 19.4. The van der Waals surface area contributed by atoms with E-state index in [4.69, 9.17) is 12.6 Å². The van der Waals surface area contributed by atoms with Gasteiger partial charge in [-0.3, -0.25) is 0 Å². The van der Waals surface area contributed by atoms with Crippen molar-refractivity contribution in [1.29, 1.82) is 0 Å². The van der Waals surface area contributed by atoms with Crippen LogP contribution in [0.2, 0.25) is 0 Å². The maximum atomic E-state index is 7.79. The second-order valence-corrected chi connectivity index (χ2v) is 9.56. The number of hydrogen-bond acceptors (Lipinski definition) is 4. The Balaban J connectivity index is 0.000000230. The molecule has 3 nitrogen and oxygen atoms in total. The Kier molecular flexibility index (Phi) is 5.63. The van der Waals surface area contributed by atoms with Crippen LogP contribution in [0.5, 0.6) is 0 Å². The summed E-state index contributed by atoms with van der Waals surface area (Å²) in [5.41, 5.74) is 4.74. The average molecular weight is 695 g/mol. The molecular formula is C33H24IrN2OS-2. The third kappa shape index (κ3) is 5.06. The van der Waals surface area contributed by atoms with Crippen molar-refractivity contribution in [3.8, 4) is 22.5 Å². The molecule has 7 aromatic rings. The fourth-order valence-corrected chi connectivity index (χ4v) is 4.97. The number of rotatable bonds is 2. The summed E-state index contributed by atoms with van der Waals surface area (Å²) in [4.78, 5) is 8.57. The molecule has 189 valence electrons. The Morgan fingerprint density at radius 3 is 2.53 bits per heavy atom. The number of hydrogen-bond donors (Lipinski definition) is 0. The number of benzene rings is 3. The molecule has 0 fully saturated rings. The van der Waals surface area contributed by atoms with Gasteiger partial charge in [0.25, 0.3) is 0 Å². The fraction of sp³-hybridized carbons (Fsp3) is 0.0909. The topological polar surface area (TPSA) is 38.9 Å². The van der Waals surface area contributed by atoms with E-state index in [0.717, 1.165) is 38.3 Å². The molecule has 0 spiro atoms. The first-order chi connectivity index (χ1) is 20.5. The molecule has 0 aliphatic carbocycles. The van der Waals surface area contributed by atoms with Gasteiger partial charge >= 0.3 is 0 Å². The standard InChI is InChI=1S/C21H14NOS.C12H10N.Ir/c1-12-8-18(22-11-13(12)2)16-5-3-4-15-17-10-20-14(6-7-24-20)9-19(17)23-21(15)16;1-10-7-8-12(13-9-10)11-5-3-2-4-6-11;/h3-4,6-11H,1-2H3;2-5,7-9H,1H3;/q2*-1;/i1D3,2D3;;. The quantitative estimate of drug-likeness (QED) is 0.170. The number of pyridine rings is 2. The third-order valence-corrected chi connectivity index (χ3v) is 6.94. The van der Waals surface area contributed by atoms with Crippen molar-refractivity contribution in [2.75, 3.05) is 0 Å². The zero-order valence-electron chi connectivity index (χ0n) is 26.2. The van der Waals surface area contributed by atoms with Crippen molar-refractivity contribution in [3.63, 3.8) is 0 Å². The van der Waals surface area contributed by atoms with Gasteiger partial charge < -0.3 is 14.4 Å². The van der Waals surface area contributed by atoms with E-state index in [1.165, 1.54) is 11.6 Å². The van der Waals surface area contributed by atoms with Crippen LogP contribution < -0.4 is 0 Å². The second kappa shape index (κ2) is 11.0. The predicted octanol–water partition coefficient (Wildman–Crippen LogP) is 9.13. The van der Waals surface area contributed by atoms with Crippen LogP contribution in [0.1, 0.15) is 24.9 Å². The molecule has 7 rings (SSSR count). The fourth-order valence-electron chi connectivity index (χ4n) is 4.16. The van der Waals surface area contributed by atoms with Crippen LogP contribution in [-0.2, 0) is 20.1 Å². The van der Waals surface area contributed by atoms with Crippen LogP contribution in [0.25, 0.3) is 54.5 Å². The van der Waals surface area contributed by atoms with Crippen LogP contribution in [0.3, 0.4) is 0 Å². The van der Waals surface area contributed by atoms with E-state index < -0.39 is 13.7 Å². The van der Waals surface area contributed by atoms with Gasteiger partial charge in [0.1, 0.15) is 5.58 Å². The third-order valence-electron chi connectivity index (χ3n) is 6.06. The van der Waals surface area contributed by atoms with Crippen LogP contribution >= 0.6 is 11.3 Å². The molecule has 4 heterocycles. The number of aryl methyl sites for hydroxylation is 3. The molecule has 0 atom stereocenters. The number of aromatic nitrogens is 2. The molecule has 0 aliphatic heterocycles. The maximum Gasteiger partial charge on any atom is 0.121 e. The summed E-state index contributed by atoms with van der Waals surface area (Å²) in [5.74, 6) is 0. The van der Waals surface area contributed by atoms with Crippen LogP contribution in [-0.4, -0.2) is 9.97 Å². The van der Waals surface area contributed by atoms with E-state index >= 15 is 0 Å². The zero-order chi connectivity index (χ0) is 30.4. The van der Waals surface area contributed by atoms with Crippen molar-refractivity contribution in [3.05, 3.63) is 119 Å². The number of furan rings is 1. The summed E-state index contributed by atoms with van der Waals surface area (Å²) in [7, 11) is 0. The maximum absolute atomic E-state index is 7.79. The van der Waals surface area contributed by atoms with Gasteiger partial charge in [-0.25, -0.2) is 0 Å². The molecule has 0 amide bonds. The van der Waals surface area contributed by atoms with Gasteiger partial charge in [-0.15, -0.1) is 65.4 Å². The number of fused-ring (bicyclic) bond motifs is 4. The Hall–Kier alpha value is -3.63. The Morgan fingerprint density at radius 2 is 1.74 bits per heavy atom. The van der Waals surface area contributed by atoms with Crippen molar-refractivity contribution in [2.24, 2.45) is 0 Å². The first-order valence-corrected chi connectivity index (χ1v) is 12.5. The first-order valence-electron chi connectivity index (χ1n) is 14.6. The van der Waals surface area contributed by atoms with Gasteiger partial charge in [-0.05, 0) is 72.1 Å². The minimum absolute atomic E-state index is 0. The molecular weight excluding hydrogens is 665 g/mol. The zero-order valence-corrected chi connectivity index (χ0v) is 23.4. The molecule has 0 saturated carbocycles. The van der Waals surface area contributed by atoms with Gasteiger partial charge in [-0.2, -0.15) is 0 Å². The minimum Gasteiger partial charge on any atom is -0.501 e. The van der Waals surface area contributed by atoms with Gasteiger partial charge in [0.05, 0.1) is 5.58 Å². The van der Waals surface area contributed by atoms with Gasteiger partial charge in [0.15, 0.2) is 0 Å². The van der Waals surface area contributed by atoms with E-state index in [9.17, 15) is 0 Å². The smallest absolute Gasteiger partial charge is 0.121 e. The molecule has 1 radical (unpaired) electrons. The molecule has 0 bridgehead atoms. The summed E-state index contributed by atoms with van der Waals surface area (Å²) in [6.07, 6.45) is 2.99. The van der Waals surface area contributed by atoms with Crippen LogP contribution in [0.4, 0.5) is 0 Å². The van der Waals surface area contributed by atoms with Crippen molar-refractivity contribution in [1.82, 2.24) is 9.97 Å². The van der Waals surface area contributed by atoms with E-state index in [2.05, 4.69) is 34.2 Å². The molecule has 0 saturated heterocycles. The van der Waals surface area contributed by atoms with Gasteiger partial charge in [0, 0.05) is 50.8 Å². The van der Waals surface area contributed by atoms with Crippen LogP contribution in [0.15, 0.2) is 95.0 Å². The molecule has 5 heteroatoms. The summed E-state index contributed by atoms with van der Waals surface area (Å²) in [6.45, 7) is -3.13. The van der Waals surface area contributed by atoms with Crippen LogP contribution in [0, 0.1) is 32.8 Å². The minimum atomic E-state index is -2.59. The number of thiophene rings is 1. The summed E-state index contributed by atoms with van der Waals surface area (Å²) in [5, 5.41) is 4.93. The van der Waals surface area contributed by atoms with Crippen molar-refractivity contribution < 1.29 is 32.7 Å². The summed E-state index contributed by atoms with van der Waals surface area (Å²) in [6, 6.07) is 29.2. The molecule has 0 unspecified atom stereocenters. The van der Waals surface area contributed by atoms with Crippen molar-refractivity contribution >= 4 is 43.4 Å². The molecule has 4 aromatic heterocycles. The average Bonchev–Trinajstić information content (AvgIpc) is 3.59. The molecule has 3 aromatic carbocycles. The largest absolute Gasteiger partial charge is 0.501 e. The normalized spacial score (nSPS) is 13.8. The van der Waals surface area contributed by atoms with Crippen molar-refractivity contribution in [2.45, 2.75) is 20.6 Å². The van der Waals surface area contributed by atoms with E-state index in [-0.39, 0.29) is 31.2 Å². The summed E-state index contributed by atoms with van der Waals surface area (Å²) >= 11 is 1.65. The SMILES string of the molecule is Cc1ccc(-c2[c-]cccc2)nc1.[2H]C([2H])([2H])c1cnc(-c2[c-]ccc3c2oc2cc4ccsc4cc23)cc1C([2H])([2H])[2H].[Ir]. The predicted molar refractivity (Wildman–Crippen MR) is 154 cm³/mol. The number of nitrogens with zero attached hydrogens (tertiary/aromatic N) is 2. The second-order valence-electron chi connectivity index (χ2n) is 8.62. The van der Waals surface area contributed by atoms with E-state index in [0.29, 0.717) is 22.4 Å². The van der Waals surface area contributed by atoms with E-state index in [1.807, 2.05) is 67.0 Å². The monoisotopic (exact) mass is 695 g/mol. The van der Waals surface area contributed by atoms with Gasteiger partial charge in [-0.1, -0.05) is 34.7 Å². The molecule has 0 N–H and O–H groups in total. The van der Waals surface area contributed by atoms with E-state index in [1.54, 1.807) is 17.4 Å². The Bertz CT molecular complexity index is 2070. The summed E-state index contributed by atoms with van der Waals surface area (Å²) < 4.78 is 53.6. The molecule has 0 aliphatic rings. The Morgan fingerprint density at radius 1 is 0.842 bits per heavy atom. The Labute approximate surface area is 248 Å². The van der Waals surface area contributed by atoms with Gasteiger partial charge in [0.2, 0.25) is 0 Å². The molecule has 38 heavy (non-hydrogen) atoms.